The Morgan fingerprint density at radius 2 is 2.04 bits per heavy atom. The summed E-state index contributed by atoms with van der Waals surface area (Å²) in [5, 5.41) is 5.44. The van der Waals surface area contributed by atoms with Gasteiger partial charge in [0.15, 0.2) is 0 Å². The fourth-order valence-corrected chi connectivity index (χ4v) is 3.21. The Morgan fingerprint density at radius 3 is 2.79 bits per heavy atom. The molecule has 7 nitrogen and oxygen atoms in total. The topological polar surface area (TPSA) is 92.2 Å². The van der Waals surface area contributed by atoms with Crippen LogP contribution in [0, 0.1) is 5.92 Å². The second-order valence-electron chi connectivity index (χ2n) is 6.19. The normalized spacial score (nSPS) is 19.8. The van der Waals surface area contributed by atoms with Crippen molar-refractivity contribution in [2.24, 2.45) is 5.92 Å². The minimum atomic E-state index is -0.266. The lowest BCUT2D eigenvalue weighted by molar-refractivity contribution is -0.117. The molecule has 7 heteroatoms. The predicted molar refractivity (Wildman–Crippen MR) is 88.8 cm³/mol. The van der Waals surface area contributed by atoms with Crippen LogP contribution in [0.3, 0.4) is 0 Å². The van der Waals surface area contributed by atoms with Crippen LogP contribution in [-0.2, 0) is 4.79 Å². The molecular formula is C17H17N5O2. The molecule has 2 heterocycles. The molecule has 0 radical (unpaired) electrons. The van der Waals surface area contributed by atoms with Gasteiger partial charge in [-0.15, -0.1) is 0 Å². The molecule has 3 aromatic rings. The zero-order chi connectivity index (χ0) is 16.5. The van der Waals surface area contributed by atoms with Gasteiger partial charge >= 0.3 is 0 Å². The Labute approximate surface area is 137 Å². The second-order valence-corrected chi connectivity index (χ2v) is 6.19. The van der Waals surface area contributed by atoms with E-state index in [4.69, 9.17) is 0 Å². The molecule has 1 amide bonds. The fraction of sp³-hybridized carbons (Fsp3) is 0.294. The number of fused-ring (bicyclic) bond motifs is 1. The van der Waals surface area contributed by atoms with Crippen molar-refractivity contribution < 1.29 is 4.79 Å². The van der Waals surface area contributed by atoms with Gasteiger partial charge in [-0.05, 0) is 30.2 Å². The van der Waals surface area contributed by atoms with Crippen molar-refractivity contribution in [1.82, 2.24) is 19.6 Å². The minimum absolute atomic E-state index is 0.0985. The van der Waals surface area contributed by atoms with Gasteiger partial charge in [0.1, 0.15) is 0 Å². The van der Waals surface area contributed by atoms with Crippen molar-refractivity contribution in [3.63, 3.8) is 0 Å². The van der Waals surface area contributed by atoms with E-state index in [-0.39, 0.29) is 23.2 Å². The average Bonchev–Trinajstić information content (AvgIpc) is 2.95. The smallest absolute Gasteiger partial charge is 0.273 e. The lowest BCUT2D eigenvalue weighted by atomic mass is 9.70. The van der Waals surface area contributed by atoms with E-state index in [2.05, 4.69) is 32.5 Å². The molecule has 0 bridgehead atoms. The third-order valence-corrected chi connectivity index (χ3v) is 4.50. The molecule has 4 rings (SSSR count). The zero-order valence-corrected chi connectivity index (χ0v) is 13.0. The number of aromatic amines is 1. The summed E-state index contributed by atoms with van der Waals surface area (Å²) in [6.07, 6.45) is 3.90. The molecule has 0 aliphatic heterocycles. The molecule has 1 aliphatic carbocycles. The lowest BCUT2D eigenvalue weighted by Crippen LogP contribution is -2.27. The number of nitrogens with one attached hydrogen (secondary N) is 2. The number of amides is 1. The Bertz CT molecular complexity index is 925. The van der Waals surface area contributed by atoms with Gasteiger partial charge in [0.2, 0.25) is 11.9 Å². The van der Waals surface area contributed by atoms with E-state index in [0.29, 0.717) is 18.3 Å². The summed E-state index contributed by atoms with van der Waals surface area (Å²) >= 11 is 0. The van der Waals surface area contributed by atoms with Gasteiger partial charge < -0.3 is 0 Å². The van der Waals surface area contributed by atoms with E-state index in [9.17, 15) is 9.59 Å². The van der Waals surface area contributed by atoms with E-state index in [0.717, 1.165) is 12.8 Å². The van der Waals surface area contributed by atoms with Crippen molar-refractivity contribution >= 4 is 17.6 Å². The van der Waals surface area contributed by atoms with Crippen molar-refractivity contribution in [3.05, 3.63) is 58.5 Å². The van der Waals surface area contributed by atoms with Crippen LogP contribution >= 0.6 is 0 Å². The van der Waals surface area contributed by atoms with Crippen LogP contribution in [0.25, 0.3) is 5.78 Å². The third-order valence-electron chi connectivity index (χ3n) is 4.50. The molecule has 2 aromatic heterocycles. The van der Waals surface area contributed by atoms with Crippen LogP contribution in [0.15, 0.2) is 47.4 Å². The van der Waals surface area contributed by atoms with Crippen molar-refractivity contribution in [2.75, 3.05) is 5.32 Å². The third kappa shape index (κ3) is 2.80. The quantitative estimate of drug-likeness (QED) is 0.767. The number of benzene rings is 1. The van der Waals surface area contributed by atoms with E-state index < -0.39 is 0 Å². The standard InChI is InChI=1S/C17H17N5O2/c23-14(10-11-8-13(9-11)12-4-2-1-3-5-12)19-16-20-17-18-7-6-15(24)22(17)21-16/h1-7,11,13H,8-10H2,(H2,18,19,20,21,23). The molecule has 1 aromatic carbocycles. The van der Waals surface area contributed by atoms with Crippen LogP contribution < -0.4 is 10.9 Å². The molecule has 2 N–H and O–H groups in total. The van der Waals surface area contributed by atoms with Crippen LogP contribution in [-0.4, -0.2) is 25.5 Å². The molecular weight excluding hydrogens is 306 g/mol. The summed E-state index contributed by atoms with van der Waals surface area (Å²) in [6, 6.07) is 11.7. The predicted octanol–water partition coefficient (Wildman–Crippen LogP) is 1.94. The van der Waals surface area contributed by atoms with Gasteiger partial charge in [-0.3, -0.25) is 20.0 Å². The SMILES string of the molecule is O=C(CC1CC(c2ccccc2)C1)Nc1nc2nccc(=O)n2[nH]1. The first-order chi connectivity index (χ1) is 11.7. The van der Waals surface area contributed by atoms with Crippen LogP contribution in [0.1, 0.15) is 30.7 Å². The summed E-state index contributed by atoms with van der Waals surface area (Å²) in [7, 11) is 0. The number of hydrogen-bond donors (Lipinski definition) is 2. The Balaban J connectivity index is 1.34. The first-order valence-corrected chi connectivity index (χ1v) is 7.97. The molecule has 1 fully saturated rings. The number of aromatic nitrogens is 4. The lowest BCUT2D eigenvalue weighted by Gasteiger charge is -2.35. The van der Waals surface area contributed by atoms with Gasteiger partial charge in [0, 0.05) is 18.7 Å². The maximum absolute atomic E-state index is 12.1. The highest BCUT2D eigenvalue weighted by atomic mass is 16.2. The van der Waals surface area contributed by atoms with E-state index in [1.807, 2.05) is 18.2 Å². The highest BCUT2D eigenvalue weighted by molar-refractivity contribution is 5.89. The number of nitrogens with zero attached hydrogens (tertiary/aromatic N) is 3. The molecule has 122 valence electrons. The van der Waals surface area contributed by atoms with Gasteiger partial charge in [-0.1, -0.05) is 30.3 Å². The van der Waals surface area contributed by atoms with Crippen molar-refractivity contribution in [3.8, 4) is 0 Å². The summed E-state index contributed by atoms with van der Waals surface area (Å²) in [6.45, 7) is 0. The highest BCUT2D eigenvalue weighted by Crippen LogP contribution is 2.43. The Morgan fingerprint density at radius 1 is 1.25 bits per heavy atom. The number of hydrogen-bond acceptors (Lipinski definition) is 4. The molecule has 1 aliphatic rings. The summed E-state index contributed by atoms with van der Waals surface area (Å²) < 4.78 is 1.20. The van der Waals surface area contributed by atoms with Crippen LogP contribution in [0.4, 0.5) is 5.95 Å². The number of H-pyrrole nitrogens is 1. The number of rotatable bonds is 4. The molecule has 0 unspecified atom stereocenters. The van der Waals surface area contributed by atoms with Gasteiger partial charge in [0.25, 0.3) is 11.3 Å². The minimum Gasteiger partial charge on any atom is -0.295 e. The fourth-order valence-electron chi connectivity index (χ4n) is 3.21. The largest absolute Gasteiger partial charge is 0.295 e. The maximum Gasteiger partial charge on any atom is 0.273 e. The summed E-state index contributed by atoms with van der Waals surface area (Å²) in [4.78, 5) is 31.8. The van der Waals surface area contributed by atoms with Gasteiger partial charge in [-0.25, -0.2) is 4.98 Å². The van der Waals surface area contributed by atoms with Crippen LogP contribution in [0.5, 0.6) is 0 Å². The van der Waals surface area contributed by atoms with E-state index in [1.54, 1.807) is 0 Å². The molecule has 24 heavy (non-hydrogen) atoms. The Kier molecular flexibility index (Phi) is 3.60. The van der Waals surface area contributed by atoms with Crippen molar-refractivity contribution in [1.29, 1.82) is 0 Å². The van der Waals surface area contributed by atoms with Gasteiger partial charge in [-0.2, -0.15) is 9.50 Å². The number of carbonyl (C=O) groups is 1. The van der Waals surface area contributed by atoms with E-state index in [1.165, 1.54) is 22.3 Å². The number of anilines is 1. The first kappa shape index (κ1) is 14.6. The zero-order valence-electron chi connectivity index (χ0n) is 13.0. The second kappa shape index (κ2) is 5.92. The molecule has 1 saturated carbocycles. The Hall–Kier alpha value is -2.96. The van der Waals surface area contributed by atoms with Gasteiger partial charge in [0.05, 0.1) is 0 Å². The summed E-state index contributed by atoms with van der Waals surface area (Å²) in [5.74, 6) is 1.33. The van der Waals surface area contributed by atoms with E-state index >= 15 is 0 Å². The molecule has 0 spiro atoms. The van der Waals surface area contributed by atoms with Crippen LogP contribution in [0.2, 0.25) is 0 Å². The monoisotopic (exact) mass is 323 g/mol. The molecule has 0 saturated heterocycles. The maximum atomic E-state index is 12.1. The summed E-state index contributed by atoms with van der Waals surface area (Å²) in [5.41, 5.74) is 1.08. The number of carbonyl (C=O) groups excluding carboxylic acids is 1. The highest BCUT2D eigenvalue weighted by Gasteiger charge is 2.31. The first-order valence-electron chi connectivity index (χ1n) is 7.97. The average molecular weight is 323 g/mol. The van der Waals surface area contributed by atoms with Crippen molar-refractivity contribution in [2.45, 2.75) is 25.2 Å². The molecule has 0 atom stereocenters.